The molecule has 2 aromatic rings. The van der Waals surface area contributed by atoms with Crippen molar-refractivity contribution < 1.29 is 23.1 Å². The average Bonchev–Trinajstić information content (AvgIpc) is 3.22. The van der Waals surface area contributed by atoms with Gasteiger partial charge in [-0.15, -0.1) is 0 Å². The van der Waals surface area contributed by atoms with Gasteiger partial charge in [0.25, 0.3) is 0 Å². The zero-order valence-electron chi connectivity index (χ0n) is 18.9. The van der Waals surface area contributed by atoms with E-state index in [1.165, 1.54) is 18.2 Å². The number of nitrogens with one attached hydrogen (secondary N) is 2. The number of hydrogen-bond acceptors (Lipinski definition) is 5. The number of carbonyl (C=O) groups is 1. The Hall–Kier alpha value is -3.66. The fourth-order valence-corrected chi connectivity index (χ4v) is 4.34. The van der Waals surface area contributed by atoms with Crippen LogP contribution in [0.15, 0.2) is 87.0 Å². The fraction of sp³-hybridized carbons (Fsp3) is 0.192. The number of halogens is 4. The molecule has 36 heavy (non-hydrogen) atoms. The molecule has 1 unspecified atom stereocenters. The van der Waals surface area contributed by atoms with Crippen molar-refractivity contribution in [2.24, 2.45) is 9.98 Å². The molecule has 0 spiro atoms. The standard InChI is InChI=1S/C26H22BrF3N4O2/c1-15(16-6-2-4-8-18(16)26(28,29)30)12-23(36)32-11-10-31-21-13-20(17-7-3-5-9-22(17)35)34-24-19(27)14-33-25(21)24/h2-9,13-14,25,31,35H,1,10-12H2,(H,32,36). The number of alkyl halides is 3. The van der Waals surface area contributed by atoms with Crippen molar-refractivity contribution in [3.05, 3.63) is 93.8 Å². The average molecular weight is 559 g/mol. The number of benzene rings is 2. The molecule has 6 nitrogen and oxygen atoms in total. The first-order valence-electron chi connectivity index (χ1n) is 11.0. The number of allylic oxidation sites excluding steroid dienone is 2. The monoisotopic (exact) mass is 558 g/mol. The van der Waals surface area contributed by atoms with E-state index < -0.39 is 17.6 Å². The molecule has 0 saturated carbocycles. The lowest BCUT2D eigenvalue weighted by atomic mass is 9.98. The quantitative estimate of drug-likeness (QED) is 0.400. The van der Waals surface area contributed by atoms with Gasteiger partial charge in [0, 0.05) is 30.6 Å². The molecule has 1 amide bonds. The SMILES string of the molecule is C=C(CC(=O)NCCNC1=CC(c2ccccc2O)=NC2=C(Br)C=NC12)c1ccccc1C(F)(F)F. The van der Waals surface area contributed by atoms with Gasteiger partial charge in [-0.05, 0) is 51.3 Å². The molecule has 186 valence electrons. The number of amides is 1. The van der Waals surface area contributed by atoms with Crippen LogP contribution in [0.2, 0.25) is 0 Å². The van der Waals surface area contributed by atoms with Gasteiger partial charge in [0.1, 0.15) is 11.8 Å². The molecular weight excluding hydrogens is 537 g/mol. The molecule has 2 aromatic carbocycles. The Bertz CT molecular complexity index is 1330. The van der Waals surface area contributed by atoms with Crippen molar-refractivity contribution in [1.82, 2.24) is 10.6 Å². The highest BCUT2D eigenvalue weighted by atomic mass is 79.9. The van der Waals surface area contributed by atoms with Gasteiger partial charge in [0.15, 0.2) is 0 Å². The molecule has 10 heteroatoms. The van der Waals surface area contributed by atoms with Crippen LogP contribution in [0.4, 0.5) is 13.2 Å². The predicted molar refractivity (Wildman–Crippen MR) is 137 cm³/mol. The summed E-state index contributed by atoms with van der Waals surface area (Å²) in [5.41, 5.74) is 1.75. The summed E-state index contributed by atoms with van der Waals surface area (Å²) in [4.78, 5) is 21.4. The van der Waals surface area contributed by atoms with Crippen molar-refractivity contribution >= 4 is 39.3 Å². The highest BCUT2D eigenvalue weighted by Gasteiger charge is 2.33. The first-order chi connectivity index (χ1) is 17.1. The molecule has 0 bridgehead atoms. The second-order valence-corrected chi connectivity index (χ2v) is 8.98. The summed E-state index contributed by atoms with van der Waals surface area (Å²) in [6.07, 6.45) is -1.33. The van der Waals surface area contributed by atoms with Crippen LogP contribution in [-0.2, 0) is 11.0 Å². The fourth-order valence-electron chi connectivity index (χ4n) is 3.91. The number of fused-ring (bicyclic) bond motifs is 1. The highest BCUT2D eigenvalue weighted by Crippen LogP contribution is 2.35. The number of para-hydroxylation sites is 1. The zero-order valence-corrected chi connectivity index (χ0v) is 20.5. The van der Waals surface area contributed by atoms with Crippen LogP contribution in [0.5, 0.6) is 5.75 Å². The smallest absolute Gasteiger partial charge is 0.416 e. The van der Waals surface area contributed by atoms with Crippen LogP contribution in [0, 0.1) is 0 Å². The molecule has 2 aliphatic rings. The molecule has 0 fully saturated rings. The molecule has 4 rings (SSSR count). The first kappa shape index (κ1) is 25.4. The largest absolute Gasteiger partial charge is 0.507 e. The third-order valence-corrected chi connectivity index (χ3v) is 6.22. The van der Waals surface area contributed by atoms with E-state index in [0.29, 0.717) is 23.5 Å². The minimum Gasteiger partial charge on any atom is -0.507 e. The summed E-state index contributed by atoms with van der Waals surface area (Å²) < 4.78 is 40.5. The summed E-state index contributed by atoms with van der Waals surface area (Å²) in [5, 5.41) is 16.2. The summed E-state index contributed by atoms with van der Waals surface area (Å²) in [6.45, 7) is 4.25. The Labute approximate surface area is 214 Å². The summed E-state index contributed by atoms with van der Waals surface area (Å²) >= 11 is 3.46. The van der Waals surface area contributed by atoms with E-state index in [0.717, 1.165) is 16.2 Å². The van der Waals surface area contributed by atoms with Gasteiger partial charge < -0.3 is 15.7 Å². The number of hydrogen-bond donors (Lipinski definition) is 3. The van der Waals surface area contributed by atoms with E-state index >= 15 is 0 Å². The topological polar surface area (TPSA) is 86.1 Å². The Morgan fingerprint density at radius 1 is 1.11 bits per heavy atom. The number of rotatable bonds is 8. The van der Waals surface area contributed by atoms with E-state index in [2.05, 4.69) is 43.1 Å². The minimum atomic E-state index is -4.53. The van der Waals surface area contributed by atoms with E-state index in [1.807, 2.05) is 0 Å². The van der Waals surface area contributed by atoms with Gasteiger partial charge in [-0.25, -0.2) is 4.99 Å². The van der Waals surface area contributed by atoms with Gasteiger partial charge in [-0.3, -0.25) is 9.79 Å². The molecule has 0 aromatic heterocycles. The number of nitrogens with zero attached hydrogens (tertiary/aromatic N) is 2. The van der Waals surface area contributed by atoms with Crippen molar-refractivity contribution in [3.8, 4) is 5.75 Å². The molecule has 0 saturated heterocycles. The Kier molecular flexibility index (Phi) is 7.44. The predicted octanol–water partition coefficient (Wildman–Crippen LogP) is 4.97. The number of aromatic hydroxyl groups is 1. The second kappa shape index (κ2) is 10.5. The molecule has 2 heterocycles. The van der Waals surface area contributed by atoms with Crippen LogP contribution in [0.1, 0.15) is 23.1 Å². The van der Waals surface area contributed by atoms with Gasteiger partial charge >= 0.3 is 6.18 Å². The van der Waals surface area contributed by atoms with Crippen LogP contribution < -0.4 is 10.6 Å². The normalized spacial score (nSPS) is 16.8. The lowest BCUT2D eigenvalue weighted by molar-refractivity contribution is -0.137. The lowest BCUT2D eigenvalue weighted by Gasteiger charge is -2.22. The Balaban J connectivity index is 1.36. The number of dihydropyridines is 1. The number of carbonyl (C=O) groups excluding carboxylic acids is 1. The van der Waals surface area contributed by atoms with Gasteiger partial charge in [0.2, 0.25) is 5.91 Å². The summed E-state index contributed by atoms with van der Waals surface area (Å²) in [5.74, 6) is -0.337. The van der Waals surface area contributed by atoms with Crippen LogP contribution in [-0.4, -0.2) is 42.1 Å². The molecule has 2 aliphatic heterocycles. The third-order valence-electron chi connectivity index (χ3n) is 5.61. The van der Waals surface area contributed by atoms with E-state index in [9.17, 15) is 23.1 Å². The summed E-state index contributed by atoms with van der Waals surface area (Å²) in [7, 11) is 0. The maximum Gasteiger partial charge on any atom is 0.416 e. The maximum absolute atomic E-state index is 13.3. The van der Waals surface area contributed by atoms with E-state index in [1.54, 1.807) is 36.6 Å². The molecule has 0 aliphatic carbocycles. The van der Waals surface area contributed by atoms with E-state index in [-0.39, 0.29) is 35.9 Å². The minimum absolute atomic E-state index is 0.0896. The number of aliphatic imine (C=N–C) groups is 2. The van der Waals surface area contributed by atoms with Gasteiger partial charge in [-0.2, -0.15) is 13.2 Å². The van der Waals surface area contributed by atoms with Gasteiger partial charge in [0.05, 0.1) is 27.9 Å². The van der Waals surface area contributed by atoms with Crippen molar-refractivity contribution in [2.45, 2.75) is 18.6 Å². The molecule has 0 radical (unpaired) electrons. The summed E-state index contributed by atoms with van der Waals surface area (Å²) in [6, 6.07) is 11.6. The van der Waals surface area contributed by atoms with Crippen molar-refractivity contribution in [3.63, 3.8) is 0 Å². The number of phenols is 1. The number of phenolic OH excluding ortho intramolecular Hbond substituents is 1. The lowest BCUT2D eigenvalue weighted by Crippen LogP contribution is -2.35. The van der Waals surface area contributed by atoms with Crippen molar-refractivity contribution in [2.75, 3.05) is 13.1 Å². The van der Waals surface area contributed by atoms with Crippen LogP contribution in [0.25, 0.3) is 5.57 Å². The van der Waals surface area contributed by atoms with E-state index in [4.69, 9.17) is 0 Å². The Morgan fingerprint density at radius 2 is 1.83 bits per heavy atom. The Morgan fingerprint density at radius 3 is 2.58 bits per heavy atom. The highest BCUT2D eigenvalue weighted by molar-refractivity contribution is 9.12. The van der Waals surface area contributed by atoms with Crippen molar-refractivity contribution in [1.29, 1.82) is 0 Å². The van der Waals surface area contributed by atoms with Gasteiger partial charge in [-0.1, -0.05) is 36.9 Å². The third kappa shape index (κ3) is 5.59. The molecular formula is C26H22BrF3N4O2. The second-order valence-electron chi connectivity index (χ2n) is 8.13. The maximum atomic E-state index is 13.3. The van der Waals surface area contributed by atoms with Crippen LogP contribution in [0.3, 0.4) is 0 Å². The first-order valence-corrected chi connectivity index (χ1v) is 11.8. The van der Waals surface area contributed by atoms with Crippen LogP contribution >= 0.6 is 15.9 Å². The molecule has 1 atom stereocenters. The zero-order chi connectivity index (χ0) is 25.9. The molecule has 3 N–H and O–H groups in total.